The molecule has 0 unspecified atom stereocenters. The van der Waals surface area contributed by atoms with E-state index in [9.17, 15) is 9.59 Å². The Morgan fingerprint density at radius 2 is 1.93 bits per heavy atom. The first-order valence-electron chi connectivity index (χ1n) is 9.56. The molecule has 0 bridgehead atoms. The Morgan fingerprint density at radius 3 is 2.68 bits per heavy atom. The predicted octanol–water partition coefficient (Wildman–Crippen LogP) is 3.67. The summed E-state index contributed by atoms with van der Waals surface area (Å²) in [5.41, 5.74) is 4.66. The van der Waals surface area contributed by atoms with Crippen molar-refractivity contribution >= 4 is 28.9 Å². The molecular weight excluding hydrogens is 354 g/mol. The molecule has 2 aromatic rings. The fraction of sp³-hybridized carbons (Fsp3) is 0.318. The van der Waals surface area contributed by atoms with Gasteiger partial charge in [-0.1, -0.05) is 55.4 Å². The molecule has 0 atom stereocenters. The minimum absolute atomic E-state index is 0.198. The smallest absolute Gasteiger partial charge is 0.281 e. The summed E-state index contributed by atoms with van der Waals surface area (Å²) >= 11 is 0. The van der Waals surface area contributed by atoms with Gasteiger partial charge in [-0.05, 0) is 37.0 Å². The monoisotopic (exact) mass is 379 g/mol. The molecule has 6 heteroatoms. The lowest BCUT2D eigenvalue weighted by Gasteiger charge is -2.14. The average Bonchev–Trinajstić information content (AvgIpc) is 2.96. The van der Waals surface area contributed by atoms with Crippen molar-refractivity contribution in [3.8, 4) is 0 Å². The Hall–Kier alpha value is -3.15. The van der Waals surface area contributed by atoms with Crippen LogP contribution >= 0.6 is 0 Å². The van der Waals surface area contributed by atoms with E-state index in [2.05, 4.69) is 10.5 Å². The van der Waals surface area contributed by atoms with Crippen molar-refractivity contribution in [2.24, 2.45) is 5.16 Å². The molecule has 3 rings (SSSR count). The van der Waals surface area contributed by atoms with Crippen LogP contribution in [0.4, 0.5) is 11.4 Å². The number of nitrogens with one attached hydrogen (secondary N) is 1. The van der Waals surface area contributed by atoms with Gasteiger partial charge in [0.2, 0.25) is 0 Å². The Balaban J connectivity index is 1.70. The molecule has 28 heavy (non-hydrogen) atoms. The van der Waals surface area contributed by atoms with Crippen molar-refractivity contribution in [1.82, 2.24) is 0 Å². The molecule has 146 valence electrons. The van der Waals surface area contributed by atoms with Gasteiger partial charge in [0.1, 0.15) is 0 Å². The van der Waals surface area contributed by atoms with E-state index in [0.29, 0.717) is 6.54 Å². The number of para-hydroxylation sites is 2. The quantitative estimate of drug-likeness (QED) is 0.746. The van der Waals surface area contributed by atoms with Crippen LogP contribution in [0.1, 0.15) is 37.0 Å². The number of hydrogen-bond donors (Lipinski definition) is 1. The SMILES string of the molecule is CCCN1C(=O)/C(=N\OCC(=O)Nc2c(C)cccc2CC)c2ccccc21. The first-order valence-corrected chi connectivity index (χ1v) is 9.56. The highest BCUT2D eigenvalue weighted by molar-refractivity contribution is 6.54. The number of rotatable bonds is 7. The maximum absolute atomic E-state index is 12.7. The normalized spacial score (nSPS) is 14.3. The van der Waals surface area contributed by atoms with E-state index in [0.717, 1.165) is 40.9 Å². The second-order valence-corrected chi connectivity index (χ2v) is 6.70. The van der Waals surface area contributed by atoms with E-state index in [1.807, 2.05) is 63.2 Å². The molecule has 1 aliphatic rings. The van der Waals surface area contributed by atoms with Crippen LogP contribution in [0.5, 0.6) is 0 Å². The Kier molecular flexibility index (Phi) is 6.09. The van der Waals surface area contributed by atoms with Gasteiger partial charge in [-0.25, -0.2) is 0 Å². The fourth-order valence-electron chi connectivity index (χ4n) is 3.33. The van der Waals surface area contributed by atoms with Gasteiger partial charge in [0, 0.05) is 17.8 Å². The number of aryl methyl sites for hydroxylation is 2. The number of anilines is 2. The van der Waals surface area contributed by atoms with Gasteiger partial charge in [-0.3, -0.25) is 9.59 Å². The zero-order valence-electron chi connectivity index (χ0n) is 16.5. The second-order valence-electron chi connectivity index (χ2n) is 6.70. The highest BCUT2D eigenvalue weighted by Crippen LogP contribution is 2.29. The predicted molar refractivity (Wildman–Crippen MR) is 111 cm³/mol. The molecule has 0 saturated heterocycles. The van der Waals surface area contributed by atoms with Gasteiger partial charge in [0.05, 0.1) is 5.69 Å². The maximum atomic E-state index is 12.7. The lowest BCUT2D eigenvalue weighted by Crippen LogP contribution is -2.31. The summed E-state index contributed by atoms with van der Waals surface area (Å²) in [6, 6.07) is 13.4. The van der Waals surface area contributed by atoms with Crippen LogP contribution in [0, 0.1) is 6.92 Å². The molecular formula is C22H25N3O3. The summed E-state index contributed by atoms with van der Waals surface area (Å²) < 4.78 is 0. The van der Waals surface area contributed by atoms with Crippen LogP contribution in [-0.4, -0.2) is 30.7 Å². The van der Waals surface area contributed by atoms with Crippen LogP contribution in [0.2, 0.25) is 0 Å². The van der Waals surface area contributed by atoms with Crippen LogP contribution in [0.3, 0.4) is 0 Å². The number of amides is 2. The summed E-state index contributed by atoms with van der Waals surface area (Å²) in [7, 11) is 0. The third-order valence-corrected chi connectivity index (χ3v) is 4.70. The largest absolute Gasteiger partial charge is 0.385 e. The van der Waals surface area contributed by atoms with Crippen molar-refractivity contribution in [2.45, 2.75) is 33.6 Å². The van der Waals surface area contributed by atoms with Crippen molar-refractivity contribution < 1.29 is 14.4 Å². The third kappa shape index (κ3) is 3.91. The van der Waals surface area contributed by atoms with Crippen molar-refractivity contribution in [1.29, 1.82) is 0 Å². The van der Waals surface area contributed by atoms with E-state index in [1.54, 1.807) is 4.90 Å². The minimum Gasteiger partial charge on any atom is -0.385 e. The number of nitrogens with zero attached hydrogens (tertiary/aromatic N) is 2. The van der Waals surface area contributed by atoms with Crippen molar-refractivity contribution in [3.05, 3.63) is 59.2 Å². The van der Waals surface area contributed by atoms with E-state index in [1.165, 1.54) is 0 Å². The molecule has 2 amide bonds. The van der Waals surface area contributed by atoms with Gasteiger partial charge in [0.15, 0.2) is 12.3 Å². The first kappa shape index (κ1) is 19.6. The highest BCUT2D eigenvalue weighted by Gasteiger charge is 2.33. The van der Waals surface area contributed by atoms with Crippen molar-refractivity contribution in [3.63, 3.8) is 0 Å². The Labute approximate surface area is 165 Å². The zero-order valence-corrected chi connectivity index (χ0v) is 16.5. The van der Waals surface area contributed by atoms with Gasteiger partial charge >= 0.3 is 0 Å². The molecule has 0 radical (unpaired) electrons. The van der Waals surface area contributed by atoms with E-state index >= 15 is 0 Å². The summed E-state index contributed by atoms with van der Waals surface area (Å²) in [6.07, 6.45) is 1.66. The van der Waals surface area contributed by atoms with Gasteiger partial charge in [-0.2, -0.15) is 0 Å². The molecule has 0 aromatic heterocycles. The van der Waals surface area contributed by atoms with Crippen LogP contribution in [0.25, 0.3) is 0 Å². The number of hydrogen-bond acceptors (Lipinski definition) is 4. The average molecular weight is 379 g/mol. The lowest BCUT2D eigenvalue weighted by molar-refractivity contribution is -0.121. The van der Waals surface area contributed by atoms with Gasteiger partial charge in [-0.15, -0.1) is 0 Å². The minimum atomic E-state index is -0.308. The maximum Gasteiger partial charge on any atom is 0.281 e. The summed E-state index contributed by atoms with van der Waals surface area (Å²) in [4.78, 5) is 31.9. The molecule has 0 spiro atoms. The molecule has 0 aliphatic carbocycles. The Bertz CT molecular complexity index is 921. The Morgan fingerprint density at radius 1 is 1.14 bits per heavy atom. The lowest BCUT2D eigenvalue weighted by atomic mass is 10.1. The van der Waals surface area contributed by atoms with E-state index < -0.39 is 0 Å². The number of carbonyl (C=O) groups excluding carboxylic acids is 2. The molecule has 1 N–H and O–H groups in total. The zero-order chi connectivity index (χ0) is 20.1. The van der Waals surface area contributed by atoms with Crippen molar-refractivity contribution in [2.75, 3.05) is 23.4 Å². The third-order valence-electron chi connectivity index (χ3n) is 4.70. The van der Waals surface area contributed by atoms with E-state index in [4.69, 9.17) is 4.84 Å². The molecule has 6 nitrogen and oxygen atoms in total. The van der Waals surface area contributed by atoms with Crippen LogP contribution < -0.4 is 10.2 Å². The van der Waals surface area contributed by atoms with Gasteiger partial charge < -0.3 is 15.1 Å². The summed E-state index contributed by atoms with van der Waals surface area (Å²) in [5.74, 6) is -0.506. The summed E-state index contributed by atoms with van der Waals surface area (Å²) in [5, 5.41) is 6.88. The number of fused-ring (bicyclic) bond motifs is 1. The number of benzene rings is 2. The second kappa shape index (κ2) is 8.69. The molecule has 1 aliphatic heterocycles. The summed E-state index contributed by atoms with van der Waals surface area (Å²) in [6.45, 7) is 6.36. The van der Waals surface area contributed by atoms with Gasteiger partial charge in [0.25, 0.3) is 11.8 Å². The fourth-order valence-corrected chi connectivity index (χ4v) is 3.33. The number of oxime groups is 1. The van der Waals surface area contributed by atoms with Crippen LogP contribution in [-0.2, 0) is 20.8 Å². The molecule has 1 heterocycles. The van der Waals surface area contributed by atoms with Crippen LogP contribution in [0.15, 0.2) is 47.6 Å². The highest BCUT2D eigenvalue weighted by atomic mass is 16.6. The first-order chi connectivity index (χ1) is 13.6. The standard InChI is InChI=1S/C22H25N3O3/c1-4-13-25-18-12-7-6-11-17(18)21(22(25)27)24-28-14-19(26)23-20-15(3)9-8-10-16(20)5-2/h6-12H,4-5,13-14H2,1-3H3,(H,23,26)/b24-21-. The van der Waals surface area contributed by atoms with E-state index in [-0.39, 0.29) is 24.1 Å². The molecule has 0 fully saturated rings. The molecule has 0 saturated carbocycles. The molecule has 2 aromatic carbocycles. The number of carbonyl (C=O) groups is 2. The topological polar surface area (TPSA) is 71.0 Å².